The van der Waals surface area contributed by atoms with Crippen molar-refractivity contribution in [2.45, 2.75) is 18.9 Å². The predicted molar refractivity (Wildman–Crippen MR) is 73.4 cm³/mol. The van der Waals surface area contributed by atoms with Crippen molar-refractivity contribution in [2.75, 3.05) is 0 Å². The summed E-state index contributed by atoms with van der Waals surface area (Å²) in [6.45, 7) is 0. The Bertz CT molecular complexity index is 674. The smallest absolute Gasteiger partial charge is 0.278 e. The third kappa shape index (κ3) is 2.40. The van der Waals surface area contributed by atoms with Crippen molar-refractivity contribution in [3.8, 4) is 11.3 Å². The monoisotopic (exact) mass is 271 g/mol. The van der Waals surface area contributed by atoms with Crippen molar-refractivity contribution in [3.05, 3.63) is 52.2 Å². The van der Waals surface area contributed by atoms with E-state index in [2.05, 4.69) is 10.3 Å². The van der Waals surface area contributed by atoms with Crippen molar-refractivity contribution in [2.24, 2.45) is 0 Å². The number of nitrogens with zero attached hydrogens (tertiary/aromatic N) is 1. The van der Waals surface area contributed by atoms with Gasteiger partial charge in [0.1, 0.15) is 5.69 Å². The van der Waals surface area contributed by atoms with Gasteiger partial charge in [0.15, 0.2) is 0 Å². The highest BCUT2D eigenvalue weighted by Crippen LogP contribution is 2.28. The Balaban J connectivity index is 1.89. The quantitative estimate of drug-likeness (QED) is 0.661. The Hall–Kier alpha value is -2.63. The number of para-hydroxylation sites is 1. The summed E-state index contributed by atoms with van der Waals surface area (Å²) in [5.74, 6) is -0.169. The second-order valence-electron chi connectivity index (χ2n) is 4.81. The molecule has 0 spiro atoms. The number of rotatable bonds is 4. The second kappa shape index (κ2) is 4.80. The molecule has 1 aliphatic carbocycles. The van der Waals surface area contributed by atoms with Gasteiger partial charge < -0.3 is 10.3 Å². The van der Waals surface area contributed by atoms with Crippen LogP contribution in [0.5, 0.6) is 0 Å². The zero-order chi connectivity index (χ0) is 14.1. The minimum atomic E-state index is -0.430. The molecule has 3 rings (SSSR count). The molecule has 1 aromatic heterocycles. The molecule has 1 aliphatic rings. The van der Waals surface area contributed by atoms with Gasteiger partial charge in [-0.25, -0.2) is 0 Å². The number of aromatic amines is 1. The Morgan fingerprint density at radius 1 is 1.25 bits per heavy atom. The zero-order valence-corrected chi connectivity index (χ0v) is 10.6. The van der Waals surface area contributed by atoms with Crippen LogP contribution in [0.25, 0.3) is 11.3 Å². The van der Waals surface area contributed by atoms with Crippen molar-refractivity contribution >= 4 is 11.6 Å². The molecular formula is C14H13N3O3. The van der Waals surface area contributed by atoms with Crippen LogP contribution < -0.4 is 5.32 Å². The first-order chi connectivity index (χ1) is 9.65. The van der Waals surface area contributed by atoms with E-state index in [1.165, 1.54) is 6.07 Å². The van der Waals surface area contributed by atoms with E-state index < -0.39 is 4.92 Å². The van der Waals surface area contributed by atoms with E-state index in [1.54, 1.807) is 30.3 Å². The number of aromatic nitrogens is 1. The molecule has 1 aromatic carbocycles. The third-order valence-electron chi connectivity index (χ3n) is 3.23. The fraction of sp³-hybridized carbons (Fsp3) is 0.214. The van der Waals surface area contributed by atoms with Crippen LogP contribution in [0.1, 0.15) is 23.3 Å². The van der Waals surface area contributed by atoms with E-state index in [4.69, 9.17) is 0 Å². The summed E-state index contributed by atoms with van der Waals surface area (Å²) in [5.41, 5.74) is 1.48. The summed E-state index contributed by atoms with van der Waals surface area (Å²) in [6, 6.07) is 10.1. The Labute approximate surface area is 115 Å². The molecule has 2 aromatic rings. The molecule has 1 heterocycles. The van der Waals surface area contributed by atoms with Crippen LogP contribution >= 0.6 is 0 Å². The molecule has 0 radical (unpaired) electrons. The largest absolute Gasteiger partial charge is 0.350 e. The van der Waals surface area contributed by atoms with Crippen LogP contribution in [0, 0.1) is 10.1 Å². The van der Waals surface area contributed by atoms with Crippen molar-refractivity contribution in [1.29, 1.82) is 0 Å². The minimum Gasteiger partial charge on any atom is -0.350 e. The highest BCUT2D eigenvalue weighted by atomic mass is 16.6. The lowest BCUT2D eigenvalue weighted by atomic mass is 10.1. The summed E-state index contributed by atoms with van der Waals surface area (Å²) in [5, 5.41) is 13.9. The minimum absolute atomic E-state index is 0.0171. The van der Waals surface area contributed by atoms with Gasteiger partial charge in [0.25, 0.3) is 11.6 Å². The number of hydrogen-bond donors (Lipinski definition) is 2. The number of carbonyl (C=O) groups excluding carboxylic acids is 1. The van der Waals surface area contributed by atoms with Crippen LogP contribution in [0.15, 0.2) is 36.4 Å². The van der Waals surface area contributed by atoms with Gasteiger partial charge in [-0.1, -0.05) is 12.1 Å². The maximum absolute atomic E-state index is 11.9. The average Bonchev–Trinajstić information content (AvgIpc) is 3.11. The number of carbonyl (C=O) groups is 1. The fourth-order valence-electron chi connectivity index (χ4n) is 2.04. The van der Waals surface area contributed by atoms with Gasteiger partial charge in [-0.15, -0.1) is 0 Å². The number of nitro benzene ring substituents is 1. The Morgan fingerprint density at radius 2 is 2.00 bits per heavy atom. The van der Waals surface area contributed by atoms with Crippen molar-refractivity contribution in [3.63, 3.8) is 0 Å². The predicted octanol–water partition coefficient (Wildman–Crippen LogP) is 2.48. The second-order valence-corrected chi connectivity index (χ2v) is 4.81. The van der Waals surface area contributed by atoms with E-state index in [-0.39, 0.29) is 17.6 Å². The number of H-pyrrole nitrogens is 1. The molecule has 1 saturated carbocycles. The SMILES string of the molecule is O=C(NC1CC1)c1ccc(-c2ccccc2[N+](=O)[O-])[nH]1. The Morgan fingerprint density at radius 3 is 2.70 bits per heavy atom. The summed E-state index contributed by atoms with van der Waals surface area (Å²) in [4.78, 5) is 25.4. The highest BCUT2D eigenvalue weighted by molar-refractivity contribution is 5.94. The van der Waals surface area contributed by atoms with Gasteiger partial charge in [-0.3, -0.25) is 14.9 Å². The van der Waals surface area contributed by atoms with Crippen LogP contribution in [0.3, 0.4) is 0 Å². The molecule has 1 fully saturated rings. The zero-order valence-electron chi connectivity index (χ0n) is 10.6. The maximum atomic E-state index is 11.9. The normalized spacial score (nSPS) is 14.0. The van der Waals surface area contributed by atoms with Gasteiger partial charge in [0.2, 0.25) is 0 Å². The van der Waals surface area contributed by atoms with Crippen LogP contribution in [0.4, 0.5) is 5.69 Å². The van der Waals surface area contributed by atoms with Crippen LogP contribution in [-0.2, 0) is 0 Å². The fourth-order valence-corrected chi connectivity index (χ4v) is 2.04. The van der Waals surface area contributed by atoms with Gasteiger partial charge >= 0.3 is 0 Å². The number of nitro groups is 1. The van der Waals surface area contributed by atoms with Gasteiger partial charge in [0.05, 0.1) is 16.2 Å². The molecule has 0 atom stereocenters. The average molecular weight is 271 g/mol. The lowest BCUT2D eigenvalue weighted by Crippen LogP contribution is -2.25. The number of amides is 1. The van der Waals surface area contributed by atoms with E-state index in [0.29, 0.717) is 17.0 Å². The first kappa shape index (κ1) is 12.4. The highest BCUT2D eigenvalue weighted by Gasteiger charge is 2.24. The molecule has 6 nitrogen and oxygen atoms in total. The van der Waals surface area contributed by atoms with Gasteiger partial charge in [-0.05, 0) is 31.0 Å². The number of benzene rings is 1. The van der Waals surface area contributed by atoms with Crippen LogP contribution in [-0.4, -0.2) is 21.9 Å². The van der Waals surface area contributed by atoms with Gasteiger partial charge in [0, 0.05) is 12.1 Å². The summed E-state index contributed by atoms with van der Waals surface area (Å²) < 4.78 is 0. The summed E-state index contributed by atoms with van der Waals surface area (Å²) >= 11 is 0. The first-order valence-electron chi connectivity index (χ1n) is 6.39. The van der Waals surface area contributed by atoms with Crippen molar-refractivity contribution < 1.29 is 9.72 Å². The standard InChI is InChI=1S/C14H13N3O3/c18-14(15-9-5-6-9)12-8-7-11(16-12)10-3-1-2-4-13(10)17(19)20/h1-4,7-9,16H,5-6H2,(H,15,18). The maximum Gasteiger partial charge on any atom is 0.278 e. The lowest BCUT2D eigenvalue weighted by Gasteiger charge is -2.01. The number of nitrogens with one attached hydrogen (secondary N) is 2. The van der Waals surface area contributed by atoms with Crippen molar-refractivity contribution in [1.82, 2.24) is 10.3 Å². The Kier molecular flexibility index (Phi) is 2.98. The topological polar surface area (TPSA) is 88.0 Å². The number of hydrogen-bond acceptors (Lipinski definition) is 3. The molecule has 102 valence electrons. The molecule has 0 bridgehead atoms. The summed E-state index contributed by atoms with van der Waals surface area (Å²) in [7, 11) is 0. The molecular weight excluding hydrogens is 258 g/mol. The van der Waals surface area contributed by atoms with E-state index in [1.807, 2.05) is 0 Å². The van der Waals surface area contributed by atoms with E-state index in [0.717, 1.165) is 12.8 Å². The molecule has 0 unspecified atom stereocenters. The molecule has 2 N–H and O–H groups in total. The van der Waals surface area contributed by atoms with E-state index >= 15 is 0 Å². The molecule has 0 saturated heterocycles. The summed E-state index contributed by atoms with van der Waals surface area (Å²) in [6.07, 6.45) is 2.03. The molecule has 1 amide bonds. The van der Waals surface area contributed by atoms with E-state index in [9.17, 15) is 14.9 Å². The third-order valence-corrected chi connectivity index (χ3v) is 3.23. The van der Waals surface area contributed by atoms with Crippen LogP contribution in [0.2, 0.25) is 0 Å². The molecule has 6 heteroatoms. The lowest BCUT2D eigenvalue weighted by molar-refractivity contribution is -0.384. The first-order valence-corrected chi connectivity index (χ1v) is 6.39. The molecule has 20 heavy (non-hydrogen) atoms. The van der Waals surface area contributed by atoms with Gasteiger partial charge in [-0.2, -0.15) is 0 Å². The molecule has 0 aliphatic heterocycles.